The van der Waals surface area contributed by atoms with E-state index >= 15 is 0 Å². The fourth-order valence-electron chi connectivity index (χ4n) is 3.41. The molecular weight excluding hydrogens is 188 g/mol. The van der Waals surface area contributed by atoms with Gasteiger partial charge in [0.25, 0.3) is 0 Å². The molecule has 1 heteroatoms. The third-order valence-electron chi connectivity index (χ3n) is 4.79. The summed E-state index contributed by atoms with van der Waals surface area (Å²) >= 11 is 0. The number of hydrogen-bond acceptors (Lipinski definition) is 0. The molecule has 84 valence electrons. The molecule has 0 amide bonds. The summed E-state index contributed by atoms with van der Waals surface area (Å²) in [5, 5.41) is 0. The maximum absolute atomic E-state index is 2.66. The van der Waals surface area contributed by atoms with Gasteiger partial charge in [0.15, 0.2) is 0 Å². The molecule has 1 saturated carbocycles. The van der Waals surface area contributed by atoms with Gasteiger partial charge in [-0.2, -0.15) is 0 Å². The quantitative estimate of drug-likeness (QED) is 0.609. The zero-order chi connectivity index (χ0) is 10.1. The van der Waals surface area contributed by atoms with Gasteiger partial charge in [0.1, 0.15) is 0 Å². The molecular formula is C13H26S. The van der Waals surface area contributed by atoms with Gasteiger partial charge < -0.3 is 0 Å². The SMILES string of the molecule is CC1(S2(C)CCCCC2)CCCCC1. The molecule has 2 aliphatic rings. The Balaban J connectivity index is 2.09. The molecule has 1 heterocycles. The first-order valence-electron chi connectivity index (χ1n) is 6.40. The highest BCUT2D eigenvalue weighted by Crippen LogP contribution is 2.63. The van der Waals surface area contributed by atoms with E-state index in [9.17, 15) is 0 Å². The first-order valence-corrected chi connectivity index (χ1v) is 8.78. The summed E-state index contributed by atoms with van der Waals surface area (Å²) in [6.45, 7) is 2.62. The van der Waals surface area contributed by atoms with Crippen LogP contribution in [-0.2, 0) is 0 Å². The third kappa shape index (κ3) is 1.85. The van der Waals surface area contributed by atoms with Gasteiger partial charge in [0, 0.05) is 0 Å². The summed E-state index contributed by atoms with van der Waals surface area (Å²) in [5.41, 5.74) is 0. The molecule has 0 aromatic rings. The lowest BCUT2D eigenvalue weighted by Crippen LogP contribution is -2.38. The zero-order valence-electron chi connectivity index (χ0n) is 9.98. The molecule has 2 rings (SSSR count). The monoisotopic (exact) mass is 214 g/mol. The van der Waals surface area contributed by atoms with Gasteiger partial charge in [0.05, 0.1) is 0 Å². The van der Waals surface area contributed by atoms with Crippen LogP contribution in [0, 0.1) is 0 Å². The zero-order valence-corrected chi connectivity index (χ0v) is 10.8. The number of hydrogen-bond donors (Lipinski definition) is 0. The minimum atomic E-state index is -0.242. The van der Waals surface area contributed by atoms with Crippen molar-refractivity contribution in [1.29, 1.82) is 0 Å². The van der Waals surface area contributed by atoms with Gasteiger partial charge >= 0.3 is 0 Å². The molecule has 0 unspecified atom stereocenters. The van der Waals surface area contributed by atoms with Crippen LogP contribution in [0.25, 0.3) is 0 Å². The average molecular weight is 214 g/mol. The van der Waals surface area contributed by atoms with Crippen molar-refractivity contribution < 1.29 is 0 Å². The second-order valence-electron chi connectivity index (χ2n) is 5.75. The van der Waals surface area contributed by atoms with Crippen molar-refractivity contribution in [2.24, 2.45) is 0 Å². The fourth-order valence-corrected chi connectivity index (χ4v) is 7.55. The molecule has 1 aliphatic carbocycles. The first-order chi connectivity index (χ1) is 6.66. The van der Waals surface area contributed by atoms with Crippen LogP contribution in [0.4, 0.5) is 0 Å². The Hall–Kier alpha value is 0.350. The van der Waals surface area contributed by atoms with Crippen LogP contribution < -0.4 is 0 Å². The number of rotatable bonds is 1. The topological polar surface area (TPSA) is 0 Å². The second kappa shape index (κ2) is 4.08. The van der Waals surface area contributed by atoms with Crippen molar-refractivity contribution in [2.45, 2.75) is 63.0 Å². The Labute approximate surface area is 91.2 Å². The van der Waals surface area contributed by atoms with E-state index in [0.717, 1.165) is 4.75 Å². The first kappa shape index (κ1) is 10.9. The summed E-state index contributed by atoms with van der Waals surface area (Å²) in [7, 11) is -0.242. The lowest BCUT2D eigenvalue weighted by Gasteiger charge is -2.55. The third-order valence-corrected chi connectivity index (χ3v) is 9.96. The lowest BCUT2D eigenvalue weighted by molar-refractivity contribution is 0.414. The summed E-state index contributed by atoms with van der Waals surface area (Å²) < 4.78 is 0.770. The highest BCUT2D eigenvalue weighted by atomic mass is 32.3. The summed E-state index contributed by atoms with van der Waals surface area (Å²) in [4.78, 5) is 0. The van der Waals surface area contributed by atoms with Crippen LogP contribution >= 0.6 is 10.0 Å². The second-order valence-corrected chi connectivity index (χ2v) is 10.1. The molecule has 0 N–H and O–H groups in total. The van der Waals surface area contributed by atoms with Gasteiger partial charge in [-0.15, -0.1) is 0 Å². The van der Waals surface area contributed by atoms with Crippen LogP contribution in [0.15, 0.2) is 0 Å². The van der Waals surface area contributed by atoms with E-state index in [1.807, 2.05) is 0 Å². The maximum Gasteiger partial charge on any atom is -0.00281 e. The molecule has 0 radical (unpaired) electrons. The van der Waals surface area contributed by atoms with Crippen molar-refractivity contribution in [2.75, 3.05) is 17.8 Å². The highest BCUT2D eigenvalue weighted by molar-refractivity contribution is 8.34. The molecule has 0 aromatic heterocycles. The largest absolute Gasteiger partial charge is 0.238 e. The van der Waals surface area contributed by atoms with Crippen molar-refractivity contribution in [3.63, 3.8) is 0 Å². The van der Waals surface area contributed by atoms with Crippen LogP contribution in [0.5, 0.6) is 0 Å². The Morgan fingerprint density at radius 3 is 1.86 bits per heavy atom. The van der Waals surface area contributed by atoms with Crippen molar-refractivity contribution >= 4 is 10.0 Å². The Morgan fingerprint density at radius 2 is 1.29 bits per heavy atom. The van der Waals surface area contributed by atoms with Crippen LogP contribution in [0.1, 0.15) is 58.3 Å². The summed E-state index contributed by atoms with van der Waals surface area (Å²) in [6, 6.07) is 0. The van der Waals surface area contributed by atoms with Gasteiger partial charge in [-0.25, -0.2) is 10.0 Å². The predicted octanol–water partition coefficient (Wildman–Crippen LogP) is 4.33. The smallest absolute Gasteiger partial charge is 0.00281 e. The average Bonchev–Trinajstić information content (AvgIpc) is 2.20. The van der Waals surface area contributed by atoms with Gasteiger partial charge in [-0.05, 0) is 48.2 Å². The molecule has 0 nitrogen and oxygen atoms in total. The molecule has 0 spiro atoms. The molecule has 2 fully saturated rings. The van der Waals surface area contributed by atoms with Crippen molar-refractivity contribution in [1.82, 2.24) is 0 Å². The van der Waals surface area contributed by atoms with Gasteiger partial charge in [-0.3, -0.25) is 0 Å². The van der Waals surface area contributed by atoms with Gasteiger partial charge in [-0.1, -0.05) is 32.6 Å². The van der Waals surface area contributed by atoms with Crippen LogP contribution in [0.2, 0.25) is 0 Å². The molecule has 14 heavy (non-hydrogen) atoms. The summed E-state index contributed by atoms with van der Waals surface area (Å²) in [6.07, 6.45) is 14.8. The van der Waals surface area contributed by atoms with E-state index in [0.29, 0.717) is 0 Å². The minimum Gasteiger partial charge on any atom is -0.238 e. The highest BCUT2D eigenvalue weighted by Gasteiger charge is 2.41. The molecule has 1 saturated heterocycles. The van der Waals surface area contributed by atoms with E-state index in [-0.39, 0.29) is 10.0 Å². The standard InChI is InChI=1S/C13H26S/c1-13(9-5-3-6-10-13)14(2)11-7-4-8-12-14/h3-12H2,1-2H3. The van der Waals surface area contributed by atoms with Crippen molar-refractivity contribution in [3.8, 4) is 0 Å². The van der Waals surface area contributed by atoms with Crippen molar-refractivity contribution in [3.05, 3.63) is 0 Å². The lowest BCUT2D eigenvalue weighted by atomic mass is 9.90. The molecule has 0 bridgehead atoms. The fraction of sp³-hybridized carbons (Fsp3) is 1.00. The maximum atomic E-state index is 2.66. The normalized spacial score (nSPS) is 33.6. The Bertz CT molecular complexity index is 163. The van der Waals surface area contributed by atoms with Crippen LogP contribution in [-0.4, -0.2) is 22.5 Å². The van der Waals surface area contributed by atoms with E-state index < -0.39 is 0 Å². The van der Waals surface area contributed by atoms with Gasteiger partial charge in [0.2, 0.25) is 0 Å². The summed E-state index contributed by atoms with van der Waals surface area (Å²) in [5.74, 6) is 3.17. The minimum absolute atomic E-state index is 0.242. The van der Waals surface area contributed by atoms with E-state index in [4.69, 9.17) is 0 Å². The molecule has 1 aliphatic heterocycles. The Kier molecular flexibility index (Phi) is 3.16. The van der Waals surface area contributed by atoms with Crippen LogP contribution in [0.3, 0.4) is 0 Å². The van der Waals surface area contributed by atoms with E-state index in [2.05, 4.69) is 13.2 Å². The molecule has 0 atom stereocenters. The van der Waals surface area contributed by atoms with E-state index in [1.54, 1.807) is 24.3 Å². The molecule has 0 aromatic carbocycles. The van der Waals surface area contributed by atoms with E-state index in [1.165, 1.54) is 38.5 Å². The Morgan fingerprint density at radius 1 is 0.786 bits per heavy atom. The predicted molar refractivity (Wildman–Crippen MR) is 68.6 cm³/mol.